The highest BCUT2D eigenvalue weighted by Crippen LogP contribution is 2.33. The molecule has 0 spiro atoms. The van der Waals surface area contributed by atoms with Crippen LogP contribution < -0.4 is 16.4 Å². The Morgan fingerprint density at radius 3 is 2.90 bits per heavy atom. The maximum atomic E-state index is 12.3. The summed E-state index contributed by atoms with van der Waals surface area (Å²) in [5, 5.41) is 6.32. The Labute approximate surface area is 125 Å². The molecule has 120 valence electrons. The highest BCUT2D eigenvalue weighted by molar-refractivity contribution is 5.84. The van der Waals surface area contributed by atoms with E-state index in [-0.39, 0.29) is 24.6 Å². The first kappa shape index (κ1) is 16.0. The molecule has 0 aromatic heterocycles. The van der Waals surface area contributed by atoms with Crippen molar-refractivity contribution in [1.29, 1.82) is 0 Å². The van der Waals surface area contributed by atoms with Crippen LogP contribution in [0.1, 0.15) is 20.3 Å². The van der Waals surface area contributed by atoms with E-state index in [0.29, 0.717) is 26.2 Å². The number of hydrogen-bond donors (Lipinski definition) is 3. The van der Waals surface area contributed by atoms with Gasteiger partial charge in [0.2, 0.25) is 5.91 Å². The van der Waals surface area contributed by atoms with Gasteiger partial charge >= 0.3 is 6.03 Å². The van der Waals surface area contributed by atoms with Crippen LogP contribution in [0.2, 0.25) is 0 Å². The number of nitrogens with two attached hydrogens (primary N) is 1. The smallest absolute Gasteiger partial charge is 0.317 e. The number of fused-ring (bicyclic) bond motifs is 1. The molecule has 2 unspecified atom stereocenters. The van der Waals surface area contributed by atoms with E-state index in [1.54, 1.807) is 4.90 Å². The Balaban J connectivity index is 2.28. The van der Waals surface area contributed by atoms with Crippen molar-refractivity contribution >= 4 is 11.9 Å². The van der Waals surface area contributed by atoms with Gasteiger partial charge in [0.25, 0.3) is 0 Å². The van der Waals surface area contributed by atoms with Gasteiger partial charge in [-0.3, -0.25) is 4.79 Å². The Morgan fingerprint density at radius 1 is 1.52 bits per heavy atom. The minimum atomic E-state index is -0.877. The summed E-state index contributed by atoms with van der Waals surface area (Å²) >= 11 is 0. The van der Waals surface area contributed by atoms with Gasteiger partial charge < -0.3 is 26.0 Å². The first-order valence-corrected chi connectivity index (χ1v) is 7.69. The van der Waals surface area contributed by atoms with Crippen LogP contribution in [0.25, 0.3) is 0 Å². The van der Waals surface area contributed by atoms with Gasteiger partial charge in [0.15, 0.2) is 0 Å². The molecule has 2 saturated heterocycles. The number of amides is 3. The van der Waals surface area contributed by atoms with E-state index in [1.807, 2.05) is 13.8 Å². The van der Waals surface area contributed by atoms with Crippen LogP contribution in [-0.4, -0.2) is 62.3 Å². The molecular formula is C14H26N4O3. The van der Waals surface area contributed by atoms with Crippen LogP contribution in [0, 0.1) is 11.3 Å². The zero-order chi connectivity index (χ0) is 15.5. The number of carbonyl (C=O) groups excluding carboxylic acids is 2. The van der Waals surface area contributed by atoms with Crippen LogP contribution in [0.4, 0.5) is 4.79 Å². The van der Waals surface area contributed by atoms with Crippen molar-refractivity contribution in [1.82, 2.24) is 15.5 Å². The third kappa shape index (κ3) is 2.98. The maximum Gasteiger partial charge on any atom is 0.317 e. The molecule has 0 bridgehead atoms. The van der Waals surface area contributed by atoms with Crippen molar-refractivity contribution in [2.75, 3.05) is 39.4 Å². The lowest BCUT2D eigenvalue weighted by Gasteiger charge is -2.45. The SMILES string of the molecule is CCOC[C@]1(C(N)=O)CNCC2CCN(CC)C(=O)NC21. The molecule has 0 saturated carbocycles. The van der Waals surface area contributed by atoms with Gasteiger partial charge in [0.05, 0.1) is 12.6 Å². The highest BCUT2D eigenvalue weighted by Gasteiger charge is 2.52. The first-order chi connectivity index (χ1) is 10.0. The molecule has 3 amide bonds. The largest absolute Gasteiger partial charge is 0.380 e. The Kier molecular flexibility index (Phi) is 5.05. The van der Waals surface area contributed by atoms with Gasteiger partial charge in [-0.05, 0) is 26.2 Å². The zero-order valence-electron chi connectivity index (χ0n) is 12.9. The summed E-state index contributed by atoms with van der Waals surface area (Å²) in [5.74, 6) is -0.226. The average Bonchev–Trinajstić information content (AvgIpc) is 2.63. The summed E-state index contributed by atoms with van der Waals surface area (Å²) in [6.07, 6.45) is 0.853. The van der Waals surface area contributed by atoms with Crippen molar-refractivity contribution in [2.24, 2.45) is 17.1 Å². The Bertz CT molecular complexity index is 402. The topological polar surface area (TPSA) is 96.7 Å². The van der Waals surface area contributed by atoms with Gasteiger partial charge in [0, 0.05) is 32.8 Å². The summed E-state index contributed by atoms with van der Waals surface area (Å²) in [6, 6.07) is -0.388. The number of urea groups is 1. The Morgan fingerprint density at radius 2 is 2.29 bits per heavy atom. The second-order valence-corrected chi connectivity index (χ2v) is 5.84. The lowest BCUT2D eigenvalue weighted by molar-refractivity contribution is -0.136. The minimum Gasteiger partial charge on any atom is -0.380 e. The van der Waals surface area contributed by atoms with Crippen molar-refractivity contribution < 1.29 is 14.3 Å². The molecule has 2 fully saturated rings. The fraction of sp³-hybridized carbons (Fsp3) is 0.857. The van der Waals surface area contributed by atoms with E-state index >= 15 is 0 Å². The Hall–Kier alpha value is -1.34. The van der Waals surface area contributed by atoms with Crippen molar-refractivity contribution in [3.63, 3.8) is 0 Å². The molecule has 7 nitrogen and oxygen atoms in total. The van der Waals surface area contributed by atoms with Crippen LogP contribution >= 0.6 is 0 Å². The summed E-state index contributed by atoms with van der Waals surface area (Å²) in [6.45, 7) is 7.17. The molecule has 0 radical (unpaired) electrons. The van der Waals surface area contributed by atoms with E-state index in [9.17, 15) is 9.59 Å². The minimum absolute atomic E-state index is 0.117. The third-order valence-electron chi connectivity index (χ3n) is 4.69. The normalized spacial score (nSPS) is 33.0. The van der Waals surface area contributed by atoms with E-state index in [1.165, 1.54) is 0 Å². The molecule has 7 heteroatoms. The predicted octanol–water partition coefficient (Wildman–Crippen LogP) is -0.482. The van der Waals surface area contributed by atoms with Crippen LogP contribution in [0.5, 0.6) is 0 Å². The summed E-state index contributed by atoms with van der Waals surface area (Å²) in [7, 11) is 0. The molecule has 21 heavy (non-hydrogen) atoms. The molecule has 4 N–H and O–H groups in total. The number of nitrogens with zero attached hydrogens (tertiary/aromatic N) is 1. The first-order valence-electron chi connectivity index (χ1n) is 7.69. The molecule has 0 aromatic carbocycles. The standard InChI is InChI=1S/C14H26N4O3/c1-3-18-6-5-10-7-16-8-14(12(15)19,9-21-4-2)11(10)17-13(18)20/h10-11,16H,3-9H2,1-2H3,(H2,15,19)(H,17,20)/t10?,11?,14-/m1/s1. The van der Waals surface area contributed by atoms with Crippen LogP contribution in [0.3, 0.4) is 0 Å². The molecular weight excluding hydrogens is 272 g/mol. The molecule has 3 atom stereocenters. The maximum absolute atomic E-state index is 12.3. The third-order valence-corrected chi connectivity index (χ3v) is 4.69. The lowest BCUT2D eigenvalue weighted by Crippen LogP contribution is -2.67. The fourth-order valence-electron chi connectivity index (χ4n) is 3.37. The van der Waals surface area contributed by atoms with Crippen molar-refractivity contribution in [3.8, 4) is 0 Å². The molecule has 0 aromatic rings. The van der Waals surface area contributed by atoms with Gasteiger partial charge in [0.1, 0.15) is 5.41 Å². The number of rotatable bonds is 5. The molecule has 2 aliphatic rings. The van der Waals surface area contributed by atoms with Gasteiger partial charge in [-0.25, -0.2) is 4.79 Å². The average molecular weight is 298 g/mol. The molecule has 2 rings (SSSR count). The highest BCUT2D eigenvalue weighted by atomic mass is 16.5. The quantitative estimate of drug-likeness (QED) is 0.638. The van der Waals surface area contributed by atoms with E-state index < -0.39 is 11.3 Å². The fourth-order valence-corrected chi connectivity index (χ4v) is 3.37. The molecule has 2 heterocycles. The van der Waals surface area contributed by atoms with Crippen molar-refractivity contribution in [3.05, 3.63) is 0 Å². The number of ether oxygens (including phenoxy) is 1. The number of carbonyl (C=O) groups is 2. The molecule has 0 aliphatic carbocycles. The van der Waals surface area contributed by atoms with Crippen molar-refractivity contribution in [2.45, 2.75) is 26.3 Å². The summed E-state index contributed by atoms with van der Waals surface area (Å²) < 4.78 is 5.51. The van der Waals surface area contributed by atoms with E-state index in [4.69, 9.17) is 10.5 Å². The van der Waals surface area contributed by atoms with E-state index in [2.05, 4.69) is 10.6 Å². The van der Waals surface area contributed by atoms with Crippen LogP contribution in [-0.2, 0) is 9.53 Å². The zero-order valence-corrected chi connectivity index (χ0v) is 12.9. The number of nitrogens with one attached hydrogen (secondary N) is 2. The predicted molar refractivity (Wildman–Crippen MR) is 78.7 cm³/mol. The number of piperidine rings is 1. The summed E-state index contributed by atoms with van der Waals surface area (Å²) in [4.78, 5) is 26.2. The van der Waals surface area contributed by atoms with E-state index in [0.717, 1.165) is 13.0 Å². The number of hydrogen-bond acceptors (Lipinski definition) is 4. The monoisotopic (exact) mass is 298 g/mol. The number of primary amides is 1. The van der Waals surface area contributed by atoms with Crippen LogP contribution in [0.15, 0.2) is 0 Å². The van der Waals surface area contributed by atoms with Gasteiger partial charge in [-0.15, -0.1) is 0 Å². The molecule has 2 aliphatic heterocycles. The van der Waals surface area contributed by atoms with Gasteiger partial charge in [-0.1, -0.05) is 0 Å². The lowest BCUT2D eigenvalue weighted by atomic mass is 9.70. The second-order valence-electron chi connectivity index (χ2n) is 5.84. The van der Waals surface area contributed by atoms with Gasteiger partial charge in [-0.2, -0.15) is 0 Å². The summed E-state index contributed by atoms with van der Waals surface area (Å²) in [5.41, 5.74) is 4.81. The second kappa shape index (κ2) is 6.62.